The fourth-order valence-corrected chi connectivity index (χ4v) is 3.64. The van der Waals surface area contributed by atoms with E-state index in [9.17, 15) is 19.5 Å². The first-order valence-electron chi connectivity index (χ1n) is 12.4. The van der Waals surface area contributed by atoms with Crippen LogP contribution in [-0.2, 0) is 14.3 Å². The maximum absolute atomic E-state index is 14.1. The summed E-state index contributed by atoms with van der Waals surface area (Å²) in [5, 5.41) is 15.9. The first-order chi connectivity index (χ1) is 16.0. The van der Waals surface area contributed by atoms with E-state index in [-0.39, 0.29) is 29.5 Å². The van der Waals surface area contributed by atoms with Crippen molar-refractivity contribution in [1.82, 2.24) is 15.5 Å². The van der Waals surface area contributed by atoms with Gasteiger partial charge >= 0.3 is 6.09 Å². The molecule has 0 aliphatic heterocycles. The second-order valence-corrected chi connectivity index (χ2v) is 11.2. The molecule has 0 radical (unpaired) electrons. The number of hydrogen-bond acceptors (Lipinski definition) is 5. The molecule has 0 bridgehead atoms. The minimum Gasteiger partial charge on any atom is -0.508 e. The molecular weight excluding hydrogens is 446 g/mol. The molecule has 3 N–H and O–H groups in total. The molecule has 3 amide bonds. The standard InChI is InChI=1S/C27H45N3O5/c1-11-17(3)21(28-25(34)35-27(8,9)10)24(33)30(18(4)12-2)22(23(32)29-26(5,6)7)19-14-13-15-20(31)16-19/h13-18,21-22,31H,11-12H2,1-10H3,(H,28,34)(H,29,32). The van der Waals surface area contributed by atoms with E-state index < -0.39 is 29.3 Å². The van der Waals surface area contributed by atoms with Crippen LogP contribution in [0.25, 0.3) is 0 Å². The number of ether oxygens (including phenoxy) is 1. The Bertz CT molecular complexity index is 872. The van der Waals surface area contributed by atoms with Crippen LogP contribution in [0.1, 0.15) is 93.7 Å². The van der Waals surface area contributed by atoms with Crippen molar-refractivity contribution in [3.05, 3.63) is 29.8 Å². The Kier molecular flexibility index (Phi) is 10.6. The Labute approximate surface area is 210 Å². The third kappa shape index (κ3) is 9.42. The SMILES string of the molecule is CCC(C)C(NC(=O)OC(C)(C)C)C(=O)N(C(C)CC)C(C(=O)NC(C)(C)C)c1cccc(O)c1. The van der Waals surface area contributed by atoms with E-state index in [0.717, 1.165) is 0 Å². The third-order valence-electron chi connectivity index (χ3n) is 5.68. The second kappa shape index (κ2) is 12.3. The van der Waals surface area contributed by atoms with Gasteiger partial charge in [0.15, 0.2) is 0 Å². The van der Waals surface area contributed by atoms with Crippen LogP contribution in [0.3, 0.4) is 0 Å². The van der Waals surface area contributed by atoms with Crippen molar-refractivity contribution in [1.29, 1.82) is 0 Å². The third-order valence-corrected chi connectivity index (χ3v) is 5.68. The zero-order valence-corrected chi connectivity index (χ0v) is 23.1. The van der Waals surface area contributed by atoms with Crippen LogP contribution >= 0.6 is 0 Å². The predicted octanol–water partition coefficient (Wildman–Crippen LogP) is 4.91. The average molecular weight is 492 g/mol. The lowest BCUT2D eigenvalue weighted by atomic mass is 9.94. The van der Waals surface area contributed by atoms with Gasteiger partial charge in [-0.2, -0.15) is 0 Å². The van der Waals surface area contributed by atoms with Crippen LogP contribution in [0.2, 0.25) is 0 Å². The number of benzene rings is 1. The summed E-state index contributed by atoms with van der Waals surface area (Å²) >= 11 is 0. The van der Waals surface area contributed by atoms with Gasteiger partial charge in [0.1, 0.15) is 23.4 Å². The van der Waals surface area contributed by atoms with Gasteiger partial charge in [0.25, 0.3) is 0 Å². The van der Waals surface area contributed by atoms with Gasteiger partial charge in [-0.3, -0.25) is 9.59 Å². The van der Waals surface area contributed by atoms with Crippen molar-refractivity contribution < 1.29 is 24.2 Å². The molecule has 0 saturated heterocycles. The summed E-state index contributed by atoms with van der Waals surface area (Å²) in [4.78, 5) is 41.9. The highest BCUT2D eigenvalue weighted by atomic mass is 16.6. The van der Waals surface area contributed by atoms with Crippen LogP contribution in [0.15, 0.2) is 24.3 Å². The molecule has 1 aromatic carbocycles. The summed E-state index contributed by atoms with van der Waals surface area (Å²) in [6.45, 7) is 18.5. The molecule has 0 fully saturated rings. The molecule has 4 atom stereocenters. The minimum atomic E-state index is -1.00. The molecule has 0 spiro atoms. The summed E-state index contributed by atoms with van der Waals surface area (Å²) in [6, 6.07) is 4.15. The summed E-state index contributed by atoms with van der Waals surface area (Å²) in [5.74, 6) is -0.955. The molecular formula is C27H45N3O5. The number of phenols is 1. The fourth-order valence-electron chi connectivity index (χ4n) is 3.64. The highest BCUT2D eigenvalue weighted by molar-refractivity contribution is 5.92. The lowest BCUT2D eigenvalue weighted by molar-refractivity contribution is -0.146. The quantitative estimate of drug-likeness (QED) is 0.455. The van der Waals surface area contributed by atoms with Gasteiger partial charge in [-0.15, -0.1) is 0 Å². The molecule has 0 aliphatic rings. The number of hydrogen-bond donors (Lipinski definition) is 3. The Morgan fingerprint density at radius 3 is 2.09 bits per heavy atom. The topological polar surface area (TPSA) is 108 Å². The van der Waals surface area contributed by atoms with Crippen molar-refractivity contribution in [2.45, 2.75) is 111 Å². The maximum Gasteiger partial charge on any atom is 0.408 e. The molecule has 0 heterocycles. The van der Waals surface area contributed by atoms with Crippen molar-refractivity contribution in [2.24, 2.45) is 5.92 Å². The Morgan fingerprint density at radius 2 is 1.63 bits per heavy atom. The molecule has 0 aliphatic carbocycles. The summed E-state index contributed by atoms with van der Waals surface area (Å²) in [6.07, 6.45) is 0.531. The molecule has 4 unspecified atom stereocenters. The number of rotatable bonds is 9. The van der Waals surface area contributed by atoms with Crippen LogP contribution in [0, 0.1) is 5.92 Å². The second-order valence-electron chi connectivity index (χ2n) is 11.2. The molecule has 35 heavy (non-hydrogen) atoms. The molecule has 1 aromatic rings. The molecule has 198 valence electrons. The number of carbonyl (C=O) groups excluding carboxylic acids is 3. The number of carbonyl (C=O) groups is 3. The van der Waals surface area contributed by atoms with Gasteiger partial charge in [0, 0.05) is 11.6 Å². The first-order valence-corrected chi connectivity index (χ1v) is 12.4. The number of alkyl carbamates (subject to hydrolysis) is 1. The van der Waals surface area contributed by atoms with Gasteiger partial charge in [0.2, 0.25) is 11.8 Å². The average Bonchev–Trinajstić information content (AvgIpc) is 2.71. The van der Waals surface area contributed by atoms with Gasteiger partial charge in [0.05, 0.1) is 0 Å². The fraction of sp³-hybridized carbons (Fsp3) is 0.667. The molecule has 8 nitrogen and oxygen atoms in total. The summed E-state index contributed by atoms with van der Waals surface area (Å²) < 4.78 is 5.42. The summed E-state index contributed by atoms with van der Waals surface area (Å²) in [5.41, 5.74) is -0.776. The molecule has 8 heteroatoms. The first kappa shape index (κ1) is 30.3. The van der Waals surface area contributed by atoms with E-state index in [4.69, 9.17) is 4.74 Å². The van der Waals surface area contributed by atoms with Crippen molar-refractivity contribution >= 4 is 17.9 Å². The zero-order valence-electron chi connectivity index (χ0n) is 23.1. The molecule has 0 saturated carbocycles. The lowest BCUT2D eigenvalue weighted by Crippen LogP contribution is -2.58. The van der Waals surface area contributed by atoms with E-state index in [0.29, 0.717) is 18.4 Å². The van der Waals surface area contributed by atoms with Gasteiger partial charge < -0.3 is 25.4 Å². The number of nitrogens with zero attached hydrogens (tertiary/aromatic N) is 1. The number of aromatic hydroxyl groups is 1. The van der Waals surface area contributed by atoms with Crippen molar-refractivity contribution in [3.8, 4) is 5.75 Å². The van der Waals surface area contributed by atoms with E-state index >= 15 is 0 Å². The predicted molar refractivity (Wildman–Crippen MR) is 138 cm³/mol. The Morgan fingerprint density at radius 1 is 1.03 bits per heavy atom. The highest BCUT2D eigenvalue weighted by Gasteiger charge is 2.40. The Hall–Kier alpha value is -2.77. The van der Waals surface area contributed by atoms with Gasteiger partial charge in [-0.05, 0) is 78.5 Å². The van der Waals surface area contributed by atoms with Gasteiger partial charge in [-0.25, -0.2) is 4.79 Å². The van der Waals surface area contributed by atoms with Gasteiger partial charge in [-0.1, -0.05) is 39.3 Å². The van der Waals surface area contributed by atoms with E-state index in [1.807, 2.05) is 48.5 Å². The normalized spacial score (nSPS) is 15.4. The molecule has 0 aromatic heterocycles. The van der Waals surface area contributed by atoms with E-state index in [1.165, 1.54) is 17.0 Å². The highest BCUT2D eigenvalue weighted by Crippen LogP contribution is 2.30. The Balaban J connectivity index is 3.59. The monoisotopic (exact) mass is 491 g/mol. The van der Waals surface area contributed by atoms with Crippen LogP contribution in [0.5, 0.6) is 5.75 Å². The van der Waals surface area contributed by atoms with E-state index in [1.54, 1.807) is 32.9 Å². The van der Waals surface area contributed by atoms with Crippen molar-refractivity contribution in [3.63, 3.8) is 0 Å². The summed E-state index contributed by atoms with van der Waals surface area (Å²) in [7, 11) is 0. The van der Waals surface area contributed by atoms with Crippen LogP contribution in [-0.4, -0.2) is 51.1 Å². The largest absolute Gasteiger partial charge is 0.508 e. The number of nitrogens with one attached hydrogen (secondary N) is 2. The number of amides is 3. The lowest BCUT2D eigenvalue weighted by Gasteiger charge is -2.40. The van der Waals surface area contributed by atoms with E-state index in [2.05, 4.69) is 10.6 Å². The van der Waals surface area contributed by atoms with Crippen molar-refractivity contribution in [2.75, 3.05) is 0 Å². The minimum absolute atomic E-state index is 0.00188. The maximum atomic E-state index is 14.1. The number of phenolic OH excluding ortho intramolecular Hbond substituents is 1. The molecule has 1 rings (SSSR count). The van der Waals surface area contributed by atoms with Crippen LogP contribution in [0.4, 0.5) is 4.79 Å². The van der Waals surface area contributed by atoms with Crippen LogP contribution < -0.4 is 10.6 Å². The zero-order chi connectivity index (χ0) is 27.1. The smallest absolute Gasteiger partial charge is 0.408 e.